The summed E-state index contributed by atoms with van der Waals surface area (Å²) < 4.78 is 16.3. The smallest absolute Gasteiger partial charge is 0.377 e. The fourth-order valence-corrected chi connectivity index (χ4v) is 5.46. The molecule has 0 bridgehead atoms. The van der Waals surface area contributed by atoms with Gasteiger partial charge < -0.3 is 13.3 Å². The van der Waals surface area contributed by atoms with Crippen molar-refractivity contribution in [2.75, 3.05) is 34.4 Å². The Morgan fingerprint density at radius 2 is 1.07 bits per heavy atom. The maximum Gasteiger partial charge on any atom is 0.500 e. The lowest BCUT2D eigenvalue weighted by Gasteiger charge is -2.24. The van der Waals surface area contributed by atoms with E-state index in [2.05, 4.69) is 41.3 Å². The summed E-state index contributed by atoms with van der Waals surface area (Å²) in [6, 6.07) is 0.899. The Hall–Kier alpha value is -0.526. The van der Waals surface area contributed by atoms with Crippen LogP contribution >= 0.6 is 0 Å². The molecule has 0 radical (unpaired) electrons. The van der Waals surface area contributed by atoms with Crippen LogP contribution in [0.2, 0.25) is 25.7 Å². The Kier molecular flexibility index (Phi) is 17.9. The van der Waals surface area contributed by atoms with Crippen LogP contribution in [-0.2, 0) is 13.3 Å². The third-order valence-electron chi connectivity index (χ3n) is 4.80. The molecule has 5 nitrogen and oxygen atoms in total. The summed E-state index contributed by atoms with van der Waals surface area (Å²) in [5.41, 5.74) is 3.43. The van der Waals surface area contributed by atoms with E-state index >= 15 is 0 Å². The van der Waals surface area contributed by atoms with E-state index < -0.39 is 16.9 Å². The molecule has 0 aromatic heterocycles. The van der Waals surface area contributed by atoms with E-state index in [1.54, 1.807) is 21.3 Å². The Labute approximate surface area is 182 Å². The van der Waals surface area contributed by atoms with Crippen LogP contribution < -0.4 is 0 Å². The molecule has 0 aliphatic carbocycles. The third-order valence-corrected chi connectivity index (χ3v) is 8.56. The standard InChI is InChI=1S/C22H46N2O3Si2/c1-25-29(26-2,27-3)22-18-14-10-8-12-16-20-24-23-19-15-11-7-9-13-17-21-28(4,5)6/h7-16,18-20,22H2,1-6H3/b24-23-. The molecule has 0 atom stereocenters. The number of nitrogens with zero attached hydrogens (tertiary/aromatic N) is 2. The van der Waals surface area contributed by atoms with E-state index in [0.717, 1.165) is 44.8 Å². The minimum absolute atomic E-state index is 0.874. The highest BCUT2D eigenvalue weighted by molar-refractivity contribution is 6.83. The van der Waals surface area contributed by atoms with Crippen LogP contribution in [0.25, 0.3) is 0 Å². The molecule has 0 saturated carbocycles. The lowest BCUT2D eigenvalue weighted by Crippen LogP contribution is -2.42. The molecule has 0 saturated heterocycles. The summed E-state index contributed by atoms with van der Waals surface area (Å²) in [5, 5.41) is 8.61. The Bertz CT molecular complexity index is 459. The first-order valence-electron chi connectivity index (χ1n) is 11.4. The van der Waals surface area contributed by atoms with Crippen LogP contribution in [0, 0.1) is 11.5 Å². The summed E-state index contributed by atoms with van der Waals surface area (Å²) in [4.78, 5) is 0. The van der Waals surface area contributed by atoms with E-state index in [1.165, 1.54) is 44.9 Å². The monoisotopic (exact) mass is 442 g/mol. The van der Waals surface area contributed by atoms with Crippen molar-refractivity contribution in [1.29, 1.82) is 0 Å². The van der Waals surface area contributed by atoms with Crippen LogP contribution in [0.4, 0.5) is 0 Å². The minimum Gasteiger partial charge on any atom is -0.377 e. The van der Waals surface area contributed by atoms with Gasteiger partial charge in [-0.25, -0.2) is 0 Å². The van der Waals surface area contributed by atoms with Gasteiger partial charge in [0.1, 0.15) is 8.07 Å². The topological polar surface area (TPSA) is 52.4 Å². The molecular formula is C22H46N2O3Si2. The predicted molar refractivity (Wildman–Crippen MR) is 128 cm³/mol. The second-order valence-electron chi connectivity index (χ2n) is 8.61. The van der Waals surface area contributed by atoms with Crippen LogP contribution in [0.15, 0.2) is 10.2 Å². The average molecular weight is 443 g/mol. The lowest BCUT2D eigenvalue weighted by atomic mass is 10.1. The van der Waals surface area contributed by atoms with E-state index in [0.29, 0.717) is 0 Å². The molecule has 0 N–H and O–H groups in total. The normalized spacial score (nSPS) is 12.3. The van der Waals surface area contributed by atoms with Gasteiger partial charge in [-0.3, -0.25) is 0 Å². The van der Waals surface area contributed by atoms with Gasteiger partial charge in [0.05, 0.1) is 13.1 Å². The summed E-state index contributed by atoms with van der Waals surface area (Å²) >= 11 is 0. The van der Waals surface area contributed by atoms with Crippen LogP contribution in [0.5, 0.6) is 0 Å². The average Bonchev–Trinajstić information content (AvgIpc) is 2.69. The fourth-order valence-electron chi connectivity index (χ4n) is 3.01. The van der Waals surface area contributed by atoms with Crippen LogP contribution in [0.1, 0.15) is 70.6 Å². The fraction of sp³-hybridized carbons (Fsp3) is 0.909. The van der Waals surface area contributed by atoms with Gasteiger partial charge in [0.2, 0.25) is 0 Å². The van der Waals surface area contributed by atoms with E-state index in [1.807, 2.05) is 0 Å². The molecule has 0 aromatic rings. The molecule has 0 rings (SSSR count). The molecule has 7 heteroatoms. The molecule has 0 heterocycles. The zero-order valence-electron chi connectivity index (χ0n) is 20.0. The number of rotatable bonds is 18. The number of hydrogen-bond acceptors (Lipinski definition) is 5. The third kappa shape index (κ3) is 18.0. The van der Waals surface area contributed by atoms with Gasteiger partial charge in [-0.05, 0) is 25.7 Å². The van der Waals surface area contributed by atoms with E-state index in [9.17, 15) is 0 Å². The van der Waals surface area contributed by atoms with Gasteiger partial charge in [-0.1, -0.05) is 58.2 Å². The van der Waals surface area contributed by atoms with Crippen molar-refractivity contribution in [2.45, 2.75) is 96.3 Å². The van der Waals surface area contributed by atoms with Crippen molar-refractivity contribution in [3.8, 4) is 11.5 Å². The quantitative estimate of drug-likeness (QED) is 0.105. The van der Waals surface area contributed by atoms with E-state index in [4.69, 9.17) is 13.3 Å². The number of hydrogen-bond donors (Lipinski definition) is 0. The molecular weight excluding hydrogens is 396 g/mol. The Morgan fingerprint density at radius 3 is 1.55 bits per heavy atom. The summed E-state index contributed by atoms with van der Waals surface area (Å²) in [5.74, 6) is 3.34. The summed E-state index contributed by atoms with van der Waals surface area (Å²) in [7, 11) is 1.50. The van der Waals surface area contributed by atoms with Crippen molar-refractivity contribution < 1.29 is 13.3 Å². The van der Waals surface area contributed by atoms with Crippen molar-refractivity contribution in [3.05, 3.63) is 0 Å². The highest BCUT2D eigenvalue weighted by Crippen LogP contribution is 2.18. The molecule has 29 heavy (non-hydrogen) atoms. The van der Waals surface area contributed by atoms with E-state index in [-0.39, 0.29) is 0 Å². The largest absolute Gasteiger partial charge is 0.500 e. The highest BCUT2D eigenvalue weighted by atomic mass is 28.4. The number of azo groups is 1. The van der Waals surface area contributed by atoms with Gasteiger partial charge in [-0.2, -0.15) is 10.2 Å². The molecule has 170 valence electrons. The van der Waals surface area contributed by atoms with Crippen LogP contribution in [0.3, 0.4) is 0 Å². The molecule has 0 spiro atoms. The van der Waals surface area contributed by atoms with Gasteiger partial charge >= 0.3 is 8.80 Å². The zero-order chi connectivity index (χ0) is 21.8. The van der Waals surface area contributed by atoms with Crippen LogP contribution in [-0.4, -0.2) is 51.3 Å². The lowest BCUT2D eigenvalue weighted by molar-refractivity contribution is 0.122. The Balaban J connectivity index is 3.39. The highest BCUT2D eigenvalue weighted by Gasteiger charge is 2.36. The van der Waals surface area contributed by atoms with Gasteiger partial charge in [0, 0.05) is 33.8 Å². The molecule has 0 aromatic carbocycles. The van der Waals surface area contributed by atoms with Crippen molar-refractivity contribution in [1.82, 2.24) is 0 Å². The molecule has 0 unspecified atom stereocenters. The van der Waals surface area contributed by atoms with Crippen molar-refractivity contribution in [2.24, 2.45) is 10.2 Å². The first kappa shape index (κ1) is 28.5. The second-order valence-corrected chi connectivity index (χ2v) is 16.5. The maximum atomic E-state index is 5.44. The van der Waals surface area contributed by atoms with Crippen molar-refractivity contribution >= 4 is 16.9 Å². The first-order chi connectivity index (χ1) is 13.9. The molecule has 0 aliphatic heterocycles. The van der Waals surface area contributed by atoms with Gasteiger partial charge in [0.25, 0.3) is 0 Å². The summed E-state index contributed by atoms with van der Waals surface area (Å²) in [6.07, 6.45) is 13.1. The molecule has 0 fully saturated rings. The Morgan fingerprint density at radius 1 is 0.621 bits per heavy atom. The predicted octanol–water partition coefficient (Wildman–Crippen LogP) is 6.49. The first-order valence-corrected chi connectivity index (χ1v) is 16.8. The SMILES string of the molecule is CO[Si](CCCCCCCC/N=N\CCCCCCC#C[Si](C)(C)C)(OC)OC. The minimum atomic E-state index is -2.37. The molecule has 0 aliphatic rings. The molecule has 0 amide bonds. The van der Waals surface area contributed by atoms with Crippen molar-refractivity contribution in [3.63, 3.8) is 0 Å². The van der Waals surface area contributed by atoms with Gasteiger partial charge in [-0.15, -0.1) is 11.5 Å². The van der Waals surface area contributed by atoms with Gasteiger partial charge in [0.15, 0.2) is 0 Å². The maximum absolute atomic E-state index is 5.44. The number of unbranched alkanes of at least 4 members (excludes halogenated alkanes) is 9. The summed E-state index contributed by atoms with van der Waals surface area (Å²) in [6.45, 7) is 8.64. The zero-order valence-corrected chi connectivity index (χ0v) is 22.0. The second kappa shape index (κ2) is 18.3.